The van der Waals surface area contributed by atoms with Crippen LogP contribution in [0.4, 0.5) is 0 Å². The molecule has 2 heteroatoms. The molecule has 0 heterocycles. The van der Waals surface area contributed by atoms with E-state index in [-0.39, 0.29) is 0 Å². The van der Waals surface area contributed by atoms with Crippen LogP contribution < -0.4 is 5.32 Å². The van der Waals surface area contributed by atoms with E-state index in [0.717, 1.165) is 5.92 Å². The second kappa shape index (κ2) is 8.74. The number of thioether (sulfide) groups is 1. The van der Waals surface area contributed by atoms with Gasteiger partial charge in [0.2, 0.25) is 0 Å². The number of benzene rings is 1. The van der Waals surface area contributed by atoms with Crippen LogP contribution in [0.1, 0.15) is 57.1 Å². The zero-order chi connectivity index (χ0) is 14.2. The summed E-state index contributed by atoms with van der Waals surface area (Å²) in [5.41, 5.74) is 1.49. The van der Waals surface area contributed by atoms with Crippen molar-refractivity contribution in [2.75, 3.05) is 12.0 Å². The van der Waals surface area contributed by atoms with Gasteiger partial charge in [0.05, 0.1) is 0 Å². The third-order valence-electron chi connectivity index (χ3n) is 4.56. The van der Waals surface area contributed by atoms with Crippen molar-refractivity contribution < 1.29 is 0 Å². The summed E-state index contributed by atoms with van der Waals surface area (Å²) >= 11 is 1.96. The lowest BCUT2D eigenvalue weighted by atomic mass is 9.81. The van der Waals surface area contributed by atoms with Crippen molar-refractivity contribution in [3.63, 3.8) is 0 Å². The van der Waals surface area contributed by atoms with E-state index in [1.807, 2.05) is 11.8 Å². The molecule has 2 atom stereocenters. The molecule has 1 aromatic rings. The highest BCUT2D eigenvalue weighted by Gasteiger charge is 2.26. The molecule has 20 heavy (non-hydrogen) atoms. The monoisotopic (exact) mass is 291 g/mol. The van der Waals surface area contributed by atoms with Gasteiger partial charge in [0.1, 0.15) is 0 Å². The predicted octanol–water partition coefficient (Wildman–Crippen LogP) is 5.04. The molecule has 1 saturated carbocycles. The molecular weight excluding hydrogens is 262 g/mol. The largest absolute Gasteiger partial charge is 0.306 e. The molecular formula is C18H29NS. The van der Waals surface area contributed by atoms with Crippen molar-refractivity contribution >= 4 is 11.8 Å². The molecule has 1 N–H and O–H groups in total. The average molecular weight is 292 g/mol. The van der Waals surface area contributed by atoms with Gasteiger partial charge in [0.25, 0.3) is 0 Å². The van der Waals surface area contributed by atoms with Gasteiger partial charge in [-0.05, 0) is 37.0 Å². The molecule has 0 aliphatic heterocycles. The van der Waals surface area contributed by atoms with Crippen molar-refractivity contribution in [3.05, 3.63) is 35.9 Å². The standard InChI is InChI=1S/C18H29NS/c1-3-17(14-20-2)19-18(15-10-6-4-7-11-15)16-12-8-5-9-13-16/h4,6-7,10-11,16-19H,3,5,8-9,12-14H2,1-2H3. The van der Waals surface area contributed by atoms with E-state index in [0.29, 0.717) is 12.1 Å². The lowest BCUT2D eigenvalue weighted by Crippen LogP contribution is -2.38. The molecule has 0 saturated heterocycles. The first-order valence-corrected chi connectivity index (χ1v) is 9.54. The Kier molecular flexibility index (Phi) is 6.95. The Labute approximate surface area is 128 Å². The summed E-state index contributed by atoms with van der Waals surface area (Å²) in [5.74, 6) is 2.04. The third kappa shape index (κ3) is 4.53. The van der Waals surface area contributed by atoms with Crippen LogP contribution in [0.25, 0.3) is 0 Å². The first-order valence-electron chi connectivity index (χ1n) is 8.15. The molecule has 0 spiro atoms. The van der Waals surface area contributed by atoms with E-state index in [2.05, 4.69) is 48.8 Å². The molecule has 0 radical (unpaired) electrons. The maximum atomic E-state index is 3.97. The van der Waals surface area contributed by atoms with E-state index >= 15 is 0 Å². The summed E-state index contributed by atoms with van der Waals surface area (Å²) in [4.78, 5) is 0. The van der Waals surface area contributed by atoms with E-state index in [9.17, 15) is 0 Å². The normalized spacial score (nSPS) is 19.7. The topological polar surface area (TPSA) is 12.0 Å². The number of nitrogens with one attached hydrogen (secondary N) is 1. The van der Waals surface area contributed by atoms with Crippen molar-refractivity contribution in [3.8, 4) is 0 Å². The van der Waals surface area contributed by atoms with Crippen LogP contribution in [-0.4, -0.2) is 18.1 Å². The first-order chi connectivity index (χ1) is 9.85. The zero-order valence-corrected chi connectivity index (χ0v) is 13.8. The van der Waals surface area contributed by atoms with E-state index in [4.69, 9.17) is 0 Å². The maximum absolute atomic E-state index is 3.97. The molecule has 1 aliphatic rings. The van der Waals surface area contributed by atoms with Crippen LogP contribution in [0, 0.1) is 5.92 Å². The Morgan fingerprint density at radius 3 is 2.45 bits per heavy atom. The first kappa shape index (κ1) is 15.9. The molecule has 1 fully saturated rings. The number of hydrogen-bond donors (Lipinski definition) is 1. The molecule has 1 nitrogen and oxygen atoms in total. The van der Waals surface area contributed by atoms with Crippen LogP contribution in [0.2, 0.25) is 0 Å². The van der Waals surface area contributed by atoms with Crippen LogP contribution in [0.15, 0.2) is 30.3 Å². The SMILES string of the molecule is CCC(CSC)NC(c1ccccc1)C1CCCCC1. The quantitative estimate of drug-likeness (QED) is 0.755. The number of rotatable bonds is 7. The number of hydrogen-bond acceptors (Lipinski definition) is 2. The highest BCUT2D eigenvalue weighted by atomic mass is 32.2. The van der Waals surface area contributed by atoms with Gasteiger partial charge in [0.15, 0.2) is 0 Å². The zero-order valence-electron chi connectivity index (χ0n) is 13.0. The predicted molar refractivity (Wildman–Crippen MR) is 91.4 cm³/mol. The summed E-state index contributed by atoms with van der Waals surface area (Å²) in [5, 5.41) is 3.97. The minimum Gasteiger partial charge on any atom is -0.306 e. The van der Waals surface area contributed by atoms with Crippen molar-refractivity contribution in [2.24, 2.45) is 5.92 Å². The van der Waals surface area contributed by atoms with E-state index in [1.165, 1.54) is 49.8 Å². The van der Waals surface area contributed by atoms with Crippen molar-refractivity contribution in [1.82, 2.24) is 5.32 Å². The highest BCUT2D eigenvalue weighted by Crippen LogP contribution is 2.35. The minimum atomic E-state index is 0.550. The van der Waals surface area contributed by atoms with E-state index < -0.39 is 0 Å². The fourth-order valence-electron chi connectivity index (χ4n) is 3.37. The van der Waals surface area contributed by atoms with Gasteiger partial charge in [-0.25, -0.2) is 0 Å². The lowest BCUT2D eigenvalue weighted by Gasteiger charge is -2.34. The summed E-state index contributed by atoms with van der Waals surface area (Å²) < 4.78 is 0. The second-order valence-electron chi connectivity index (χ2n) is 6.01. The van der Waals surface area contributed by atoms with Gasteiger partial charge in [-0.3, -0.25) is 0 Å². The van der Waals surface area contributed by atoms with Gasteiger partial charge in [-0.15, -0.1) is 0 Å². The van der Waals surface area contributed by atoms with Gasteiger partial charge >= 0.3 is 0 Å². The summed E-state index contributed by atoms with van der Waals surface area (Å²) in [6, 6.07) is 12.3. The molecule has 0 bridgehead atoms. The average Bonchev–Trinajstić information content (AvgIpc) is 2.53. The molecule has 112 valence electrons. The molecule has 2 unspecified atom stereocenters. The Hall–Kier alpha value is -0.470. The van der Waals surface area contributed by atoms with Crippen molar-refractivity contribution in [1.29, 1.82) is 0 Å². The van der Waals surface area contributed by atoms with Gasteiger partial charge < -0.3 is 5.32 Å². The maximum Gasteiger partial charge on any atom is 0.0351 e. The van der Waals surface area contributed by atoms with E-state index in [1.54, 1.807) is 0 Å². The molecule has 1 aliphatic carbocycles. The minimum absolute atomic E-state index is 0.550. The Bertz CT molecular complexity index is 359. The van der Waals surface area contributed by atoms with Gasteiger partial charge in [0, 0.05) is 17.8 Å². The second-order valence-corrected chi connectivity index (χ2v) is 6.92. The summed E-state index contributed by atoms with van der Waals surface area (Å²) in [6.45, 7) is 2.30. The summed E-state index contributed by atoms with van der Waals surface area (Å²) in [7, 11) is 0. The van der Waals surface area contributed by atoms with Crippen LogP contribution >= 0.6 is 11.8 Å². The van der Waals surface area contributed by atoms with Crippen molar-refractivity contribution in [2.45, 2.75) is 57.5 Å². The van der Waals surface area contributed by atoms with Gasteiger partial charge in [-0.1, -0.05) is 56.5 Å². The fourth-order valence-corrected chi connectivity index (χ4v) is 4.11. The van der Waals surface area contributed by atoms with Crippen LogP contribution in [-0.2, 0) is 0 Å². The molecule has 2 rings (SSSR count). The Morgan fingerprint density at radius 1 is 1.15 bits per heavy atom. The van der Waals surface area contributed by atoms with Crippen LogP contribution in [0.5, 0.6) is 0 Å². The smallest absolute Gasteiger partial charge is 0.0351 e. The molecule has 1 aromatic carbocycles. The fraction of sp³-hybridized carbons (Fsp3) is 0.667. The Balaban J connectivity index is 2.10. The summed E-state index contributed by atoms with van der Waals surface area (Å²) in [6.07, 6.45) is 10.5. The van der Waals surface area contributed by atoms with Gasteiger partial charge in [-0.2, -0.15) is 11.8 Å². The molecule has 0 aromatic heterocycles. The lowest BCUT2D eigenvalue weighted by molar-refractivity contribution is 0.256. The highest BCUT2D eigenvalue weighted by molar-refractivity contribution is 7.98. The molecule has 0 amide bonds. The Morgan fingerprint density at radius 2 is 1.85 bits per heavy atom. The van der Waals surface area contributed by atoms with Crippen LogP contribution in [0.3, 0.4) is 0 Å². The third-order valence-corrected chi connectivity index (χ3v) is 5.29.